The lowest BCUT2D eigenvalue weighted by molar-refractivity contribution is -0.134. The lowest BCUT2D eigenvalue weighted by Crippen LogP contribution is -2.06. The Balaban J connectivity index is 2.69. The first kappa shape index (κ1) is 9.00. The number of rotatable bonds is 2. The fourth-order valence-corrected chi connectivity index (χ4v) is 0.791. The van der Waals surface area contributed by atoms with Crippen molar-refractivity contribution in [3.05, 3.63) is 23.4 Å². The third kappa shape index (κ3) is 2.51. The average molecular weight is 186 g/mol. The molecule has 0 spiro atoms. The van der Waals surface area contributed by atoms with Gasteiger partial charge in [-0.25, -0.2) is 4.98 Å². The Labute approximate surface area is 75.3 Å². The summed E-state index contributed by atoms with van der Waals surface area (Å²) in [6.07, 6.45) is 0.328. The summed E-state index contributed by atoms with van der Waals surface area (Å²) < 4.78 is 4.81. The molecule has 0 atom stereocenters. The van der Waals surface area contributed by atoms with Gasteiger partial charge >= 0.3 is 5.97 Å². The highest BCUT2D eigenvalue weighted by Crippen LogP contribution is 2.11. The van der Waals surface area contributed by atoms with Crippen LogP contribution in [0.3, 0.4) is 0 Å². The maximum Gasteiger partial charge on any atom is 0.312 e. The number of hydrogen-bond acceptors (Lipinski definition) is 3. The molecule has 0 bridgehead atoms. The fourth-order valence-electron chi connectivity index (χ4n) is 0.635. The minimum atomic E-state index is -0.315. The van der Waals surface area contributed by atoms with E-state index in [0.29, 0.717) is 11.6 Å². The number of esters is 1. The first-order valence-corrected chi connectivity index (χ1v) is 3.93. The van der Waals surface area contributed by atoms with Crippen molar-refractivity contribution in [2.24, 2.45) is 0 Å². The molecule has 1 aromatic rings. The van der Waals surface area contributed by atoms with Gasteiger partial charge in [-0.05, 0) is 6.07 Å². The van der Waals surface area contributed by atoms with Crippen molar-refractivity contribution >= 4 is 17.6 Å². The third-order valence-electron chi connectivity index (χ3n) is 1.20. The predicted molar refractivity (Wildman–Crippen MR) is 45.2 cm³/mol. The maximum absolute atomic E-state index is 10.8. The zero-order valence-electron chi connectivity index (χ0n) is 6.58. The molecule has 0 amide bonds. The van der Waals surface area contributed by atoms with E-state index in [1.165, 1.54) is 0 Å². The molecule has 4 heteroatoms. The quantitative estimate of drug-likeness (QED) is 0.523. The Morgan fingerprint density at radius 1 is 1.67 bits per heavy atom. The Morgan fingerprint density at radius 3 is 3.00 bits per heavy atom. The normalized spacial score (nSPS) is 9.50. The predicted octanol–water partition coefficient (Wildman–Crippen LogP) is 2.05. The first-order valence-electron chi connectivity index (χ1n) is 3.55. The molecule has 0 aliphatic heterocycles. The molecule has 1 heterocycles. The molecule has 64 valence electrons. The standard InChI is InChI=1S/C8H8ClNO2/c1-2-8(11)12-7-5-3-4-6(9)10-7/h3-5H,2H2,1H3. The second-order valence-corrected chi connectivity index (χ2v) is 2.51. The van der Waals surface area contributed by atoms with Gasteiger partial charge < -0.3 is 4.74 Å². The number of halogens is 1. The molecule has 0 N–H and O–H groups in total. The van der Waals surface area contributed by atoms with Crippen LogP contribution >= 0.6 is 11.6 Å². The summed E-state index contributed by atoms with van der Waals surface area (Å²) in [4.78, 5) is 14.6. The van der Waals surface area contributed by atoms with Gasteiger partial charge in [0, 0.05) is 12.5 Å². The number of ether oxygens (including phenoxy) is 1. The fraction of sp³-hybridized carbons (Fsp3) is 0.250. The Hall–Kier alpha value is -1.09. The van der Waals surface area contributed by atoms with Crippen LogP contribution in [0.4, 0.5) is 0 Å². The van der Waals surface area contributed by atoms with Crippen molar-refractivity contribution in [3.63, 3.8) is 0 Å². The van der Waals surface area contributed by atoms with E-state index in [1.807, 2.05) is 0 Å². The van der Waals surface area contributed by atoms with Gasteiger partial charge in [0.25, 0.3) is 0 Å². The van der Waals surface area contributed by atoms with Crippen molar-refractivity contribution in [2.45, 2.75) is 13.3 Å². The summed E-state index contributed by atoms with van der Waals surface area (Å²) in [5.41, 5.74) is 0. The molecule has 0 unspecified atom stereocenters. The van der Waals surface area contributed by atoms with Gasteiger partial charge in [-0.3, -0.25) is 4.79 Å². The molecule has 3 nitrogen and oxygen atoms in total. The number of aromatic nitrogens is 1. The Bertz CT molecular complexity index is 288. The van der Waals surface area contributed by atoms with Gasteiger partial charge in [0.1, 0.15) is 5.15 Å². The molecule has 0 aliphatic carbocycles. The number of hydrogen-bond donors (Lipinski definition) is 0. The van der Waals surface area contributed by atoms with E-state index >= 15 is 0 Å². The van der Waals surface area contributed by atoms with E-state index in [9.17, 15) is 4.79 Å². The lowest BCUT2D eigenvalue weighted by atomic mass is 10.5. The van der Waals surface area contributed by atoms with Crippen LogP contribution in [-0.2, 0) is 4.79 Å². The number of carbonyl (C=O) groups is 1. The van der Waals surface area contributed by atoms with E-state index in [1.54, 1.807) is 25.1 Å². The van der Waals surface area contributed by atoms with Crippen molar-refractivity contribution < 1.29 is 9.53 Å². The maximum atomic E-state index is 10.8. The minimum Gasteiger partial charge on any atom is -0.407 e. The van der Waals surface area contributed by atoms with Crippen molar-refractivity contribution in [3.8, 4) is 5.88 Å². The van der Waals surface area contributed by atoms with Gasteiger partial charge in [0.15, 0.2) is 0 Å². The van der Waals surface area contributed by atoms with Crippen LogP contribution in [0.5, 0.6) is 5.88 Å². The number of pyridine rings is 1. The molecule has 0 saturated heterocycles. The Morgan fingerprint density at radius 2 is 2.42 bits per heavy atom. The van der Waals surface area contributed by atoms with Gasteiger partial charge in [0.05, 0.1) is 0 Å². The molecular weight excluding hydrogens is 178 g/mol. The second kappa shape index (κ2) is 4.07. The van der Waals surface area contributed by atoms with E-state index in [0.717, 1.165) is 0 Å². The number of carbonyl (C=O) groups excluding carboxylic acids is 1. The zero-order valence-corrected chi connectivity index (χ0v) is 7.34. The van der Waals surface area contributed by atoms with Gasteiger partial charge in [-0.2, -0.15) is 0 Å². The molecular formula is C8H8ClNO2. The highest BCUT2D eigenvalue weighted by molar-refractivity contribution is 6.29. The van der Waals surface area contributed by atoms with Gasteiger partial charge in [0.2, 0.25) is 5.88 Å². The van der Waals surface area contributed by atoms with Crippen LogP contribution in [0, 0.1) is 0 Å². The van der Waals surface area contributed by atoms with Crippen LogP contribution in [0.1, 0.15) is 13.3 Å². The molecule has 0 radical (unpaired) electrons. The van der Waals surface area contributed by atoms with E-state index in [2.05, 4.69) is 4.98 Å². The summed E-state index contributed by atoms with van der Waals surface area (Å²) in [6.45, 7) is 1.72. The van der Waals surface area contributed by atoms with Gasteiger partial charge in [-0.1, -0.05) is 24.6 Å². The van der Waals surface area contributed by atoms with Crippen LogP contribution < -0.4 is 4.74 Å². The zero-order chi connectivity index (χ0) is 8.97. The minimum absolute atomic E-state index is 0.245. The molecule has 0 saturated carbocycles. The smallest absolute Gasteiger partial charge is 0.312 e. The second-order valence-electron chi connectivity index (χ2n) is 2.13. The molecule has 12 heavy (non-hydrogen) atoms. The molecule has 0 aliphatic rings. The van der Waals surface area contributed by atoms with Crippen LogP contribution in [0.2, 0.25) is 5.15 Å². The summed E-state index contributed by atoms with van der Waals surface area (Å²) in [5, 5.41) is 0.316. The van der Waals surface area contributed by atoms with Crippen LogP contribution in [0.25, 0.3) is 0 Å². The van der Waals surface area contributed by atoms with Crippen molar-refractivity contribution in [2.75, 3.05) is 0 Å². The van der Waals surface area contributed by atoms with Crippen LogP contribution in [-0.4, -0.2) is 11.0 Å². The van der Waals surface area contributed by atoms with Gasteiger partial charge in [-0.15, -0.1) is 0 Å². The molecule has 1 rings (SSSR count). The van der Waals surface area contributed by atoms with E-state index in [-0.39, 0.29) is 11.8 Å². The summed E-state index contributed by atoms with van der Waals surface area (Å²) >= 11 is 5.57. The lowest BCUT2D eigenvalue weighted by Gasteiger charge is -2.00. The first-order chi connectivity index (χ1) is 5.72. The molecule has 1 aromatic heterocycles. The van der Waals surface area contributed by atoms with E-state index < -0.39 is 0 Å². The Kier molecular flexibility index (Phi) is 3.05. The van der Waals surface area contributed by atoms with Crippen molar-refractivity contribution in [1.29, 1.82) is 0 Å². The highest BCUT2D eigenvalue weighted by atomic mass is 35.5. The molecule has 0 fully saturated rings. The summed E-state index contributed by atoms with van der Waals surface area (Å²) in [5.74, 6) is -0.0703. The SMILES string of the molecule is CCC(=O)Oc1cccc(Cl)n1. The number of nitrogens with zero attached hydrogens (tertiary/aromatic N) is 1. The summed E-state index contributed by atoms with van der Waals surface area (Å²) in [6, 6.07) is 4.87. The van der Waals surface area contributed by atoms with Crippen LogP contribution in [0.15, 0.2) is 18.2 Å². The third-order valence-corrected chi connectivity index (χ3v) is 1.41. The summed E-state index contributed by atoms with van der Waals surface area (Å²) in [7, 11) is 0. The monoisotopic (exact) mass is 185 g/mol. The average Bonchev–Trinajstić information content (AvgIpc) is 2.04. The van der Waals surface area contributed by atoms with Crippen molar-refractivity contribution in [1.82, 2.24) is 4.98 Å². The molecule has 0 aromatic carbocycles. The van der Waals surface area contributed by atoms with E-state index in [4.69, 9.17) is 16.3 Å². The topological polar surface area (TPSA) is 39.2 Å². The largest absolute Gasteiger partial charge is 0.407 e. The highest BCUT2D eigenvalue weighted by Gasteiger charge is 2.01.